The van der Waals surface area contributed by atoms with Crippen LogP contribution in [-0.4, -0.2) is 6.61 Å². The number of benzene rings is 2. The Kier molecular flexibility index (Phi) is 5.43. The Morgan fingerprint density at radius 3 is 2.60 bits per heavy atom. The van der Waals surface area contributed by atoms with Gasteiger partial charge in [-0.25, -0.2) is 0 Å². The highest BCUT2D eigenvalue weighted by atomic mass is 16.5. The summed E-state index contributed by atoms with van der Waals surface area (Å²) in [5.74, 6) is 0.941. The highest BCUT2D eigenvalue weighted by Crippen LogP contribution is 2.21. The lowest BCUT2D eigenvalue weighted by Crippen LogP contribution is -1.93. The van der Waals surface area contributed by atoms with Gasteiger partial charge in [-0.15, -0.1) is 0 Å². The van der Waals surface area contributed by atoms with Gasteiger partial charge in [-0.3, -0.25) is 0 Å². The Labute approximate surface area is 121 Å². The van der Waals surface area contributed by atoms with Gasteiger partial charge in [0.2, 0.25) is 0 Å². The van der Waals surface area contributed by atoms with Crippen LogP contribution in [0, 0.1) is 0 Å². The lowest BCUT2D eigenvalue weighted by Gasteiger charge is -2.06. The van der Waals surface area contributed by atoms with Gasteiger partial charge in [-0.2, -0.15) is 0 Å². The Hall–Kier alpha value is -2.02. The maximum absolute atomic E-state index is 5.64. The maximum Gasteiger partial charge on any atom is 0.126 e. The third-order valence-electron chi connectivity index (χ3n) is 3.16. The molecule has 0 spiro atoms. The molecular formula is C19H22O. The summed E-state index contributed by atoms with van der Waals surface area (Å²) < 4.78 is 5.64. The number of para-hydroxylation sites is 1. The first kappa shape index (κ1) is 14.4. The average molecular weight is 266 g/mol. The van der Waals surface area contributed by atoms with Gasteiger partial charge in [-0.1, -0.05) is 68.0 Å². The fourth-order valence-electron chi connectivity index (χ4n) is 2.23. The van der Waals surface area contributed by atoms with Gasteiger partial charge in [0.15, 0.2) is 0 Å². The van der Waals surface area contributed by atoms with Gasteiger partial charge in [-0.05, 0) is 30.5 Å². The highest BCUT2D eigenvalue weighted by Gasteiger charge is 1.98. The van der Waals surface area contributed by atoms with Crippen LogP contribution in [0.15, 0.2) is 48.5 Å². The van der Waals surface area contributed by atoms with Crippen molar-refractivity contribution >= 4 is 12.2 Å². The van der Waals surface area contributed by atoms with Gasteiger partial charge < -0.3 is 4.74 Å². The monoisotopic (exact) mass is 266 g/mol. The second-order valence-corrected chi connectivity index (χ2v) is 4.80. The van der Waals surface area contributed by atoms with Crippen molar-refractivity contribution in [1.82, 2.24) is 0 Å². The molecule has 0 aliphatic carbocycles. The lowest BCUT2D eigenvalue weighted by atomic mass is 10.1. The topological polar surface area (TPSA) is 9.23 Å². The Bertz CT molecular complexity index is 569. The molecule has 0 radical (unpaired) electrons. The van der Waals surface area contributed by atoms with E-state index >= 15 is 0 Å². The van der Waals surface area contributed by atoms with E-state index in [-0.39, 0.29) is 0 Å². The highest BCUT2D eigenvalue weighted by molar-refractivity contribution is 5.72. The van der Waals surface area contributed by atoms with E-state index in [0.717, 1.165) is 17.7 Å². The molecule has 0 saturated heterocycles. The molecule has 0 aliphatic heterocycles. The molecule has 2 rings (SSSR count). The zero-order chi connectivity index (χ0) is 14.2. The summed E-state index contributed by atoms with van der Waals surface area (Å²) in [4.78, 5) is 0. The number of ether oxygens (including phenoxy) is 1. The van der Waals surface area contributed by atoms with Crippen molar-refractivity contribution in [2.45, 2.75) is 26.7 Å². The molecule has 20 heavy (non-hydrogen) atoms. The molecule has 2 aromatic rings. The second-order valence-electron chi connectivity index (χ2n) is 4.80. The van der Waals surface area contributed by atoms with E-state index < -0.39 is 0 Å². The summed E-state index contributed by atoms with van der Waals surface area (Å²) in [6, 6.07) is 16.8. The van der Waals surface area contributed by atoms with Crippen LogP contribution < -0.4 is 4.74 Å². The molecule has 1 heteroatoms. The van der Waals surface area contributed by atoms with E-state index in [1.54, 1.807) is 0 Å². The molecule has 0 aromatic heterocycles. The SMILES string of the molecule is CCCc1cccc(/C=C\c2ccccc2OCC)c1. The average Bonchev–Trinajstić information content (AvgIpc) is 2.47. The molecule has 0 saturated carbocycles. The van der Waals surface area contributed by atoms with E-state index in [1.165, 1.54) is 17.5 Å². The summed E-state index contributed by atoms with van der Waals surface area (Å²) in [6.45, 7) is 4.91. The van der Waals surface area contributed by atoms with E-state index in [0.29, 0.717) is 6.61 Å². The molecule has 104 valence electrons. The normalized spacial score (nSPS) is 10.9. The van der Waals surface area contributed by atoms with Gasteiger partial charge in [0.05, 0.1) is 6.61 Å². The molecule has 2 aromatic carbocycles. The third kappa shape index (κ3) is 3.99. The fraction of sp³-hybridized carbons (Fsp3) is 0.263. The quantitative estimate of drug-likeness (QED) is 0.652. The zero-order valence-corrected chi connectivity index (χ0v) is 12.3. The van der Waals surface area contributed by atoms with Crippen molar-refractivity contribution in [1.29, 1.82) is 0 Å². The number of hydrogen-bond donors (Lipinski definition) is 0. The van der Waals surface area contributed by atoms with Crippen molar-refractivity contribution in [3.63, 3.8) is 0 Å². The molecule has 0 bridgehead atoms. The molecule has 0 heterocycles. The molecule has 0 amide bonds. The molecule has 0 N–H and O–H groups in total. The van der Waals surface area contributed by atoms with Crippen molar-refractivity contribution in [3.8, 4) is 5.75 Å². The predicted molar refractivity (Wildman–Crippen MR) is 87.0 cm³/mol. The Morgan fingerprint density at radius 1 is 0.950 bits per heavy atom. The Morgan fingerprint density at radius 2 is 1.80 bits per heavy atom. The third-order valence-corrected chi connectivity index (χ3v) is 3.16. The first-order valence-electron chi connectivity index (χ1n) is 7.32. The van der Waals surface area contributed by atoms with Crippen LogP contribution in [0.4, 0.5) is 0 Å². The van der Waals surface area contributed by atoms with E-state index in [1.807, 2.05) is 25.1 Å². The van der Waals surface area contributed by atoms with Crippen molar-refractivity contribution in [2.24, 2.45) is 0 Å². The van der Waals surface area contributed by atoms with Gasteiger partial charge >= 0.3 is 0 Å². The van der Waals surface area contributed by atoms with E-state index in [4.69, 9.17) is 4.74 Å². The van der Waals surface area contributed by atoms with Gasteiger partial charge in [0, 0.05) is 5.56 Å². The standard InChI is InChI=1S/C19H22O/c1-3-8-16-9-7-10-17(15-16)13-14-18-11-5-6-12-19(18)20-4-2/h5-7,9-15H,3-4,8H2,1-2H3/b14-13-. The van der Waals surface area contributed by atoms with Crippen LogP contribution in [0.5, 0.6) is 5.75 Å². The maximum atomic E-state index is 5.64. The summed E-state index contributed by atoms with van der Waals surface area (Å²) in [6.07, 6.45) is 6.59. The molecule has 0 aliphatic rings. The summed E-state index contributed by atoms with van der Waals surface area (Å²) in [7, 11) is 0. The number of hydrogen-bond acceptors (Lipinski definition) is 1. The molecule has 0 fully saturated rings. The smallest absolute Gasteiger partial charge is 0.126 e. The number of rotatable bonds is 6. The van der Waals surface area contributed by atoms with Crippen molar-refractivity contribution in [3.05, 3.63) is 65.2 Å². The van der Waals surface area contributed by atoms with Crippen LogP contribution in [-0.2, 0) is 6.42 Å². The number of aryl methyl sites for hydroxylation is 1. The largest absolute Gasteiger partial charge is 0.493 e. The minimum Gasteiger partial charge on any atom is -0.493 e. The van der Waals surface area contributed by atoms with Crippen LogP contribution >= 0.6 is 0 Å². The molecule has 0 atom stereocenters. The minimum absolute atomic E-state index is 0.691. The van der Waals surface area contributed by atoms with Crippen LogP contribution in [0.1, 0.15) is 37.0 Å². The van der Waals surface area contributed by atoms with Crippen molar-refractivity contribution in [2.75, 3.05) is 6.61 Å². The van der Waals surface area contributed by atoms with E-state index in [2.05, 4.69) is 49.4 Å². The fourth-order valence-corrected chi connectivity index (χ4v) is 2.23. The molecular weight excluding hydrogens is 244 g/mol. The van der Waals surface area contributed by atoms with Crippen LogP contribution in [0.3, 0.4) is 0 Å². The summed E-state index contributed by atoms with van der Waals surface area (Å²) in [5, 5.41) is 0. The predicted octanol–water partition coefficient (Wildman–Crippen LogP) is 5.21. The van der Waals surface area contributed by atoms with Crippen LogP contribution in [0.25, 0.3) is 12.2 Å². The molecule has 0 unspecified atom stereocenters. The van der Waals surface area contributed by atoms with Gasteiger partial charge in [0.1, 0.15) is 5.75 Å². The lowest BCUT2D eigenvalue weighted by molar-refractivity contribution is 0.339. The van der Waals surface area contributed by atoms with E-state index in [9.17, 15) is 0 Å². The molecule has 1 nitrogen and oxygen atoms in total. The summed E-state index contributed by atoms with van der Waals surface area (Å²) in [5.41, 5.74) is 3.75. The summed E-state index contributed by atoms with van der Waals surface area (Å²) >= 11 is 0. The zero-order valence-electron chi connectivity index (χ0n) is 12.3. The van der Waals surface area contributed by atoms with Crippen LogP contribution in [0.2, 0.25) is 0 Å². The Balaban J connectivity index is 2.18. The van der Waals surface area contributed by atoms with Crippen molar-refractivity contribution < 1.29 is 4.74 Å². The first-order chi connectivity index (χ1) is 9.83. The second kappa shape index (κ2) is 7.54. The van der Waals surface area contributed by atoms with Gasteiger partial charge in [0.25, 0.3) is 0 Å². The minimum atomic E-state index is 0.691. The first-order valence-corrected chi connectivity index (χ1v) is 7.32.